The molecule has 6 nitrogen and oxygen atoms in total. The van der Waals surface area contributed by atoms with Crippen LogP contribution in [0.4, 0.5) is 0 Å². The Balaban J connectivity index is 2.54. The summed E-state index contributed by atoms with van der Waals surface area (Å²) in [5.74, 6) is -0.772. The fraction of sp³-hybridized carbons (Fsp3) is 0.500. The zero-order valence-corrected chi connectivity index (χ0v) is 14.6. The van der Waals surface area contributed by atoms with Crippen molar-refractivity contribution < 1.29 is 22.7 Å². The predicted molar refractivity (Wildman–Crippen MR) is 87.7 cm³/mol. The molecule has 0 fully saturated rings. The average molecular weight is 341 g/mol. The van der Waals surface area contributed by atoms with E-state index in [2.05, 4.69) is 5.32 Å². The number of carbonyl (C=O) groups is 2. The van der Waals surface area contributed by atoms with Crippen molar-refractivity contribution in [3.63, 3.8) is 0 Å². The lowest BCUT2D eigenvalue weighted by atomic mass is 10.1. The van der Waals surface area contributed by atoms with Gasteiger partial charge in [-0.25, -0.2) is 13.2 Å². The summed E-state index contributed by atoms with van der Waals surface area (Å²) in [6.07, 6.45) is 1.14. The molecule has 128 valence electrons. The first kappa shape index (κ1) is 19.2. The first-order valence-electron chi connectivity index (χ1n) is 7.31. The lowest BCUT2D eigenvalue weighted by Gasteiger charge is -2.17. The molecule has 0 aliphatic rings. The summed E-state index contributed by atoms with van der Waals surface area (Å²) in [5, 5.41) is 2.74. The van der Waals surface area contributed by atoms with Gasteiger partial charge in [-0.3, -0.25) is 4.79 Å². The van der Waals surface area contributed by atoms with Crippen molar-refractivity contribution >= 4 is 21.7 Å². The molecular weight excluding hydrogens is 318 g/mol. The van der Waals surface area contributed by atoms with Gasteiger partial charge in [0.2, 0.25) is 0 Å². The molecule has 23 heavy (non-hydrogen) atoms. The van der Waals surface area contributed by atoms with Crippen LogP contribution in [-0.2, 0) is 25.1 Å². The molecule has 0 saturated carbocycles. The van der Waals surface area contributed by atoms with Crippen LogP contribution in [0.1, 0.15) is 36.7 Å². The number of rotatable bonds is 7. The van der Waals surface area contributed by atoms with Gasteiger partial charge >= 0.3 is 5.97 Å². The number of benzene rings is 1. The lowest BCUT2D eigenvalue weighted by Crippen LogP contribution is -2.38. The second-order valence-corrected chi connectivity index (χ2v) is 8.08. The lowest BCUT2D eigenvalue weighted by molar-refractivity contribution is -0.125. The molecule has 1 aromatic carbocycles. The number of carbonyl (C=O) groups excluding carboxylic acids is 2. The van der Waals surface area contributed by atoms with Crippen LogP contribution < -0.4 is 5.32 Å². The second kappa shape index (κ2) is 8.10. The maximum Gasteiger partial charge on any atom is 0.338 e. The van der Waals surface area contributed by atoms with Gasteiger partial charge in [0.25, 0.3) is 5.91 Å². The zero-order valence-electron chi connectivity index (χ0n) is 13.8. The summed E-state index contributed by atoms with van der Waals surface area (Å²) in [6.45, 7) is 5.50. The van der Waals surface area contributed by atoms with E-state index in [1.807, 2.05) is 20.8 Å². The minimum absolute atomic E-state index is 0.00326. The minimum Gasteiger partial charge on any atom is -0.452 e. The normalized spacial score (nSPS) is 12.7. The molecule has 0 unspecified atom stereocenters. The molecule has 0 spiro atoms. The molecule has 1 N–H and O–H groups in total. The van der Waals surface area contributed by atoms with E-state index < -0.39 is 15.8 Å². The summed E-state index contributed by atoms with van der Waals surface area (Å²) >= 11 is 0. The number of nitrogens with one attached hydrogen (secondary N) is 1. The van der Waals surface area contributed by atoms with E-state index in [0.29, 0.717) is 5.56 Å². The first-order chi connectivity index (χ1) is 10.6. The maximum absolute atomic E-state index is 11.8. The van der Waals surface area contributed by atoms with Crippen molar-refractivity contribution in [3.8, 4) is 0 Å². The van der Waals surface area contributed by atoms with E-state index >= 15 is 0 Å². The first-order valence-corrected chi connectivity index (χ1v) is 9.37. The molecule has 1 amide bonds. The monoisotopic (exact) mass is 341 g/mol. The number of hydrogen-bond acceptors (Lipinski definition) is 5. The van der Waals surface area contributed by atoms with Crippen molar-refractivity contribution in [1.82, 2.24) is 5.32 Å². The largest absolute Gasteiger partial charge is 0.452 e. The van der Waals surface area contributed by atoms with Crippen LogP contribution in [0.15, 0.2) is 24.3 Å². The van der Waals surface area contributed by atoms with Crippen molar-refractivity contribution in [2.24, 2.45) is 5.92 Å². The Morgan fingerprint density at radius 3 is 2.17 bits per heavy atom. The Kier molecular flexibility index (Phi) is 6.75. The van der Waals surface area contributed by atoms with Crippen LogP contribution in [-0.4, -0.2) is 39.2 Å². The summed E-state index contributed by atoms with van der Waals surface area (Å²) in [6, 6.07) is 6.07. The van der Waals surface area contributed by atoms with Crippen LogP contribution in [0.5, 0.6) is 0 Å². The highest BCUT2D eigenvalue weighted by molar-refractivity contribution is 7.89. The fourth-order valence-electron chi connectivity index (χ4n) is 1.72. The molecule has 1 atom stereocenters. The fourth-order valence-corrected chi connectivity index (χ4v) is 2.51. The van der Waals surface area contributed by atoms with Crippen molar-refractivity contribution in [2.75, 3.05) is 12.9 Å². The standard InChI is InChI=1S/C16H23NO5S/c1-11(2)12(3)17-15(18)9-22-16(19)14-7-5-13(6-8-14)10-23(4,20)21/h5-8,11-12H,9-10H2,1-4H3,(H,17,18)/t12-/m0/s1. The highest BCUT2D eigenvalue weighted by Gasteiger charge is 2.14. The van der Waals surface area contributed by atoms with E-state index in [4.69, 9.17) is 4.74 Å². The number of amides is 1. The van der Waals surface area contributed by atoms with Crippen molar-refractivity contribution in [3.05, 3.63) is 35.4 Å². The third-order valence-corrected chi connectivity index (χ3v) is 4.20. The minimum atomic E-state index is -3.12. The molecule has 0 bridgehead atoms. The Labute approximate surface area is 137 Å². The average Bonchev–Trinajstić information content (AvgIpc) is 2.43. The van der Waals surface area contributed by atoms with Gasteiger partial charge in [0.1, 0.15) is 0 Å². The summed E-state index contributed by atoms with van der Waals surface area (Å²) in [5.41, 5.74) is 0.861. The number of ether oxygens (including phenoxy) is 1. The number of hydrogen-bond donors (Lipinski definition) is 1. The Hall–Kier alpha value is -1.89. The predicted octanol–water partition coefficient (Wildman–Crippen LogP) is 1.55. The van der Waals surface area contributed by atoms with Crippen LogP contribution in [0.3, 0.4) is 0 Å². The topological polar surface area (TPSA) is 89.5 Å². The van der Waals surface area contributed by atoms with Gasteiger partial charge in [-0.2, -0.15) is 0 Å². The summed E-state index contributed by atoms with van der Waals surface area (Å²) in [4.78, 5) is 23.5. The van der Waals surface area contributed by atoms with Crippen LogP contribution in [0.25, 0.3) is 0 Å². The van der Waals surface area contributed by atoms with Crippen molar-refractivity contribution in [2.45, 2.75) is 32.6 Å². The molecule has 1 aromatic rings. The van der Waals surface area contributed by atoms with Gasteiger partial charge in [0.05, 0.1) is 11.3 Å². The van der Waals surface area contributed by atoms with E-state index in [0.717, 1.165) is 6.26 Å². The van der Waals surface area contributed by atoms with E-state index in [-0.39, 0.29) is 35.8 Å². The van der Waals surface area contributed by atoms with E-state index in [9.17, 15) is 18.0 Å². The van der Waals surface area contributed by atoms with E-state index in [1.54, 1.807) is 12.1 Å². The SMILES string of the molecule is CC(C)[C@H](C)NC(=O)COC(=O)c1ccc(CS(C)(=O)=O)cc1. The van der Waals surface area contributed by atoms with Gasteiger partial charge in [-0.05, 0) is 30.5 Å². The summed E-state index contributed by atoms with van der Waals surface area (Å²) < 4.78 is 27.3. The second-order valence-electron chi connectivity index (χ2n) is 5.94. The molecule has 0 saturated heterocycles. The molecule has 0 aromatic heterocycles. The molecule has 0 aliphatic carbocycles. The molecule has 0 radical (unpaired) electrons. The number of esters is 1. The third-order valence-electron chi connectivity index (χ3n) is 3.34. The highest BCUT2D eigenvalue weighted by Crippen LogP contribution is 2.09. The molecule has 0 heterocycles. The Morgan fingerprint density at radius 1 is 1.13 bits per heavy atom. The highest BCUT2D eigenvalue weighted by atomic mass is 32.2. The van der Waals surface area contributed by atoms with Crippen LogP contribution in [0, 0.1) is 5.92 Å². The van der Waals surface area contributed by atoms with Crippen molar-refractivity contribution in [1.29, 1.82) is 0 Å². The number of sulfone groups is 1. The summed E-state index contributed by atoms with van der Waals surface area (Å²) in [7, 11) is -3.12. The van der Waals surface area contributed by atoms with Crippen LogP contribution >= 0.6 is 0 Å². The van der Waals surface area contributed by atoms with Crippen LogP contribution in [0.2, 0.25) is 0 Å². The van der Waals surface area contributed by atoms with Gasteiger partial charge in [0, 0.05) is 12.3 Å². The van der Waals surface area contributed by atoms with Gasteiger partial charge in [-0.15, -0.1) is 0 Å². The quantitative estimate of drug-likeness (QED) is 0.760. The molecule has 1 rings (SSSR count). The van der Waals surface area contributed by atoms with Gasteiger partial charge < -0.3 is 10.1 Å². The van der Waals surface area contributed by atoms with E-state index in [1.165, 1.54) is 12.1 Å². The van der Waals surface area contributed by atoms with Gasteiger partial charge in [0.15, 0.2) is 16.4 Å². The maximum atomic E-state index is 11.8. The smallest absolute Gasteiger partial charge is 0.338 e. The third kappa shape index (κ3) is 7.27. The Bertz CT molecular complexity index is 650. The molecule has 0 aliphatic heterocycles. The van der Waals surface area contributed by atoms with Gasteiger partial charge in [-0.1, -0.05) is 26.0 Å². The zero-order chi connectivity index (χ0) is 17.6. The Morgan fingerprint density at radius 2 is 1.70 bits per heavy atom. The molecular formula is C16H23NO5S. The molecule has 7 heteroatoms.